The number of esters is 1. The molecule has 1 N–H and O–H groups in total. The highest BCUT2D eigenvalue weighted by Gasteiger charge is 2.32. The van der Waals surface area contributed by atoms with E-state index in [0.717, 1.165) is 19.8 Å². The molecule has 3 aromatic rings. The van der Waals surface area contributed by atoms with E-state index in [9.17, 15) is 4.79 Å². The topological polar surface area (TPSA) is 38.3 Å². The van der Waals surface area contributed by atoms with Crippen LogP contribution >= 0.6 is 34.3 Å². The fraction of sp³-hybridized carbons (Fsp3) is 0.0625. The maximum atomic E-state index is 12.0. The minimum Gasteiger partial charge on any atom is -0.432 e. The molecule has 1 aliphatic heterocycles. The van der Waals surface area contributed by atoms with Gasteiger partial charge in [0.1, 0.15) is 5.70 Å². The summed E-state index contributed by atoms with van der Waals surface area (Å²) in [6, 6.07) is 11.8. The highest BCUT2D eigenvalue weighted by atomic mass is 35.5. The summed E-state index contributed by atoms with van der Waals surface area (Å²) in [6.45, 7) is 0. The van der Waals surface area contributed by atoms with Crippen LogP contribution < -0.4 is 5.32 Å². The number of nitrogens with one attached hydrogen (secondary N) is 1. The Hall–Kier alpha value is -1.82. The van der Waals surface area contributed by atoms with E-state index in [1.54, 1.807) is 17.4 Å². The summed E-state index contributed by atoms with van der Waals surface area (Å²) in [5.41, 5.74) is 0.459. The van der Waals surface area contributed by atoms with E-state index >= 15 is 0 Å². The zero-order valence-corrected chi connectivity index (χ0v) is 13.6. The number of ether oxygens (including phenoxy) is 1. The molecule has 6 heteroatoms. The van der Waals surface area contributed by atoms with Crippen molar-refractivity contribution in [1.82, 2.24) is 5.32 Å². The molecule has 2 aromatic heterocycles. The van der Waals surface area contributed by atoms with Crippen LogP contribution in [0, 0.1) is 0 Å². The van der Waals surface area contributed by atoms with Crippen molar-refractivity contribution in [1.29, 1.82) is 0 Å². The van der Waals surface area contributed by atoms with Crippen LogP contribution in [0.25, 0.3) is 16.2 Å². The third-order valence-electron chi connectivity index (χ3n) is 3.36. The molecule has 3 heterocycles. The lowest BCUT2D eigenvalue weighted by molar-refractivity contribution is -0.139. The third-order valence-corrected chi connectivity index (χ3v) is 5.91. The van der Waals surface area contributed by atoms with Gasteiger partial charge in [-0.25, -0.2) is 4.79 Å². The van der Waals surface area contributed by atoms with Gasteiger partial charge in [-0.05, 0) is 23.6 Å². The molecule has 110 valence electrons. The first-order valence-corrected chi connectivity index (χ1v) is 8.69. The number of benzene rings is 1. The van der Waals surface area contributed by atoms with Gasteiger partial charge < -0.3 is 10.1 Å². The molecule has 1 atom stereocenters. The zero-order chi connectivity index (χ0) is 15.1. The maximum Gasteiger partial charge on any atom is 0.356 e. The fourth-order valence-corrected chi connectivity index (χ4v) is 4.51. The Morgan fingerprint density at radius 2 is 2.09 bits per heavy atom. The van der Waals surface area contributed by atoms with E-state index in [2.05, 4.69) is 5.32 Å². The molecule has 0 radical (unpaired) electrons. The Kier molecular flexibility index (Phi) is 3.41. The molecule has 22 heavy (non-hydrogen) atoms. The first-order chi connectivity index (χ1) is 10.7. The average molecular weight is 348 g/mol. The minimum atomic E-state index is -0.524. The summed E-state index contributed by atoms with van der Waals surface area (Å²) in [7, 11) is 0. The lowest BCUT2D eigenvalue weighted by Gasteiger charge is -2.07. The number of carbonyl (C=O) groups excluding carboxylic acids is 1. The van der Waals surface area contributed by atoms with Crippen molar-refractivity contribution < 1.29 is 9.53 Å². The standard InChI is InChI=1S/C16H10ClNO2S2/c17-13-10-5-1-2-6-12(10)22-14(13)15-18-11(16(19)20-15)8-9-4-3-7-21-9/h1-8,15,18H/b11-8+/t15-/m1/s1. The lowest BCUT2D eigenvalue weighted by Crippen LogP contribution is -2.11. The van der Waals surface area contributed by atoms with Crippen LogP contribution in [-0.4, -0.2) is 5.97 Å². The SMILES string of the molecule is O=C1O[C@H](c2sc3ccccc3c2Cl)N/C1=C/c1cccs1. The van der Waals surface area contributed by atoms with Crippen LogP contribution in [0.1, 0.15) is 16.0 Å². The molecule has 0 unspecified atom stereocenters. The van der Waals surface area contributed by atoms with Gasteiger partial charge in [-0.3, -0.25) is 0 Å². The van der Waals surface area contributed by atoms with Crippen molar-refractivity contribution in [2.75, 3.05) is 0 Å². The van der Waals surface area contributed by atoms with Crippen LogP contribution in [0.5, 0.6) is 0 Å². The second kappa shape index (κ2) is 5.43. The number of rotatable bonds is 2. The Balaban J connectivity index is 1.69. The Bertz CT molecular complexity index is 883. The molecule has 0 bridgehead atoms. The second-order valence-corrected chi connectivity index (χ2v) is 7.22. The molecule has 0 saturated carbocycles. The Morgan fingerprint density at radius 1 is 1.23 bits per heavy atom. The van der Waals surface area contributed by atoms with Crippen LogP contribution in [0.4, 0.5) is 0 Å². The number of hydrogen-bond donors (Lipinski definition) is 1. The van der Waals surface area contributed by atoms with Crippen LogP contribution in [-0.2, 0) is 9.53 Å². The zero-order valence-electron chi connectivity index (χ0n) is 11.2. The van der Waals surface area contributed by atoms with Gasteiger partial charge in [0.2, 0.25) is 6.23 Å². The quantitative estimate of drug-likeness (QED) is 0.534. The number of carbonyl (C=O) groups is 1. The van der Waals surface area contributed by atoms with Gasteiger partial charge in [0, 0.05) is 15.0 Å². The third kappa shape index (κ3) is 2.31. The van der Waals surface area contributed by atoms with Crippen LogP contribution in [0.2, 0.25) is 5.02 Å². The molecular weight excluding hydrogens is 338 g/mol. The van der Waals surface area contributed by atoms with Gasteiger partial charge in [0.05, 0.1) is 9.90 Å². The number of hydrogen-bond acceptors (Lipinski definition) is 5. The van der Waals surface area contributed by atoms with Gasteiger partial charge in [-0.15, -0.1) is 22.7 Å². The fourth-order valence-electron chi connectivity index (χ4n) is 2.34. The highest BCUT2D eigenvalue weighted by molar-refractivity contribution is 7.19. The monoisotopic (exact) mass is 347 g/mol. The smallest absolute Gasteiger partial charge is 0.356 e. The van der Waals surface area contributed by atoms with Gasteiger partial charge in [-0.2, -0.15) is 0 Å². The molecule has 0 spiro atoms. The van der Waals surface area contributed by atoms with E-state index in [4.69, 9.17) is 16.3 Å². The second-order valence-electron chi connectivity index (χ2n) is 4.78. The van der Waals surface area contributed by atoms with Crippen LogP contribution in [0.15, 0.2) is 47.5 Å². The van der Waals surface area contributed by atoms with E-state index in [-0.39, 0.29) is 5.97 Å². The Morgan fingerprint density at radius 3 is 2.86 bits per heavy atom. The number of thiophene rings is 2. The molecule has 1 aromatic carbocycles. The molecule has 1 aliphatic rings. The lowest BCUT2D eigenvalue weighted by atomic mass is 10.2. The predicted molar refractivity (Wildman–Crippen MR) is 91.1 cm³/mol. The summed E-state index contributed by atoms with van der Waals surface area (Å²) >= 11 is 9.54. The molecule has 1 saturated heterocycles. The first kappa shape index (κ1) is 13.8. The van der Waals surface area contributed by atoms with Crippen molar-refractivity contribution in [2.45, 2.75) is 6.23 Å². The summed E-state index contributed by atoms with van der Waals surface area (Å²) in [6.07, 6.45) is 1.28. The average Bonchev–Trinajstić information content (AvgIpc) is 3.22. The van der Waals surface area contributed by atoms with Gasteiger partial charge in [-0.1, -0.05) is 35.9 Å². The summed E-state index contributed by atoms with van der Waals surface area (Å²) in [4.78, 5) is 13.9. The van der Waals surface area contributed by atoms with Crippen molar-refractivity contribution >= 4 is 56.4 Å². The predicted octanol–water partition coefficient (Wildman–Crippen LogP) is 4.80. The molecule has 0 amide bonds. The van der Waals surface area contributed by atoms with E-state index in [0.29, 0.717) is 10.7 Å². The van der Waals surface area contributed by atoms with Crippen molar-refractivity contribution in [3.63, 3.8) is 0 Å². The minimum absolute atomic E-state index is 0.355. The molecule has 3 nitrogen and oxygen atoms in total. The molecule has 4 rings (SSSR count). The molecule has 1 fully saturated rings. The normalized spacial score (nSPS) is 19.6. The maximum absolute atomic E-state index is 12.0. The van der Waals surface area contributed by atoms with E-state index < -0.39 is 6.23 Å². The van der Waals surface area contributed by atoms with Gasteiger partial charge >= 0.3 is 5.97 Å². The van der Waals surface area contributed by atoms with E-state index in [1.807, 2.05) is 41.8 Å². The molecular formula is C16H10ClNO2S2. The van der Waals surface area contributed by atoms with E-state index in [1.165, 1.54) is 11.3 Å². The summed E-state index contributed by atoms with van der Waals surface area (Å²) in [5.74, 6) is -0.355. The van der Waals surface area contributed by atoms with Gasteiger partial charge in [0.15, 0.2) is 0 Å². The van der Waals surface area contributed by atoms with Gasteiger partial charge in [0.25, 0.3) is 0 Å². The Labute approximate surface area is 139 Å². The number of halogens is 1. The first-order valence-electron chi connectivity index (χ1n) is 6.62. The van der Waals surface area contributed by atoms with Crippen molar-refractivity contribution in [3.05, 3.63) is 62.3 Å². The summed E-state index contributed by atoms with van der Waals surface area (Å²) in [5, 5.41) is 6.71. The molecule has 0 aliphatic carbocycles. The summed E-state index contributed by atoms with van der Waals surface area (Å²) < 4.78 is 6.51. The number of cyclic esters (lactones) is 1. The number of fused-ring (bicyclic) bond motifs is 1. The van der Waals surface area contributed by atoms with Crippen molar-refractivity contribution in [2.24, 2.45) is 0 Å². The largest absolute Gasteiger partial charge is 0.432 e. The van der Waals surface area contributed by atoms with Crippen molar-refractivity contribution in [3.8, 4) is 0 Å². The van der Waals surface area contributed by atoms with Crippen LogP contribution in [0.3, 0.4) is 0 Å². The highest BCUT2D eigenvalue weighted by Crippen LogP contribution is 2.41.